The smallest absolute Gasteiger partial charge is 0.305 e. The number of benzene rings is 1. The van der Waals surface area contributed by atoms with Crippen LogP contribution in [0.4, 0.5) is 0 Å². The number of hydrogen-bond acceptors (Lipinski definition) is 4. The lowest BCUT2D eigenvalue weighted by atomic mass is 9.96. The first kappa shape index (κ1) is 23.0. The number of nitrogens with one attached hydrogen (secondary N) is 1. The van der Waals surface area contributed by atoms with Crippen LogP contribution in [0.2, 0.25) is 0 Å². The number of pyridine rings is 1. The molecule has 1 aliphatic rings. The fourth-order valence-electron chi connectivity index (χ4n) is 4.62. The molecule has 0 radical (unpaired) electrons. The number of esters is 1. The zero-order valence-corrected chi connectivity index (χ0v) is 20.1. The monoisotopic (exact) mass is 462 g/mol. The third-order valence-corrected chi connectivity index (χ3v) is 6.67. The Morgan fingerprint density at radius 2 is 1.91 bits per heavy atom. The Bertz CT molecular complexity index is 1110. The molecule has 0 bridgehead atoms. The van der Waals surface area contributed by atoms with E-state index in [1.54, 1.807) is 0 Å². The van der Waals surface area contributed by atoms with E-state index in [2.05, 4.69) is 63.9 Å². The molecule has 0 unspecified atom stereocenters. The van der Waals surface area contributed by atoms with Gasteiger partial charge in [-0.25, -0.2) is 0 Å². The molecule has 2 aromatic heterocycles. The summed E-state index contributed by atoms with van der Waals surface area (Å²) < 4.78 is 7.17. The number of aromatic nitrogens is 2. The van der Waals surface area contributed by atoms with Crippen LogP contribution in [-0.2, 0) is 16.1 Å². The summed E-state index contributed by atoms with van der Waals surface area (Å²) in [6, 6.07) is 18.6. The fraction of sp³-hybridized carbons (Fsp3) is 0.346. The second-order valence-corrected chi connectivity index (χ2v) is 8.78. The minimum absolute atomic E-state index is 0.0132. The Morgan fingerprint density at radius 3 is 2.61 bits per heavy atom. The van der Waals surface area contributed by atoms with Crippen LogP contribution < -0.4 is 5.32 Å². The quantitative estimate of drug-likeness (QED) is 0.394. The molecular formula is C26H30N4O2S. The number of hydrogen-bond donors (Lipinski definition) is 1. The Balaban J connectivity index is 1.69. The van der Waals surface area contributed by atoms with E-state index in [9.17, 15) is 4.79 Å². The third-order valence-electron chi connectivity index (χ3n) is 6.32. The first-order valence-electron chi connectivity index (χ1n) is 11.2. The average molecular weight is 463 g/mol. The van der Waals surface area contributed by atoms with E-state index in [1.165, 1.54) is 29.6 Å². The SMILES string of the molecule is COC(=O)CCCN1C(=S)N[C@H](c2ccccn2)[C@H]1c1cc(C)n(Cc2ccccc2)c1C. The van der Waals surface area contributed by atoms with Gasteiger partial charge in [-0.2, -0.15) is 0 Å². The fourth-order valence-corrected chi connectivity index (χ4v) is 4.95. The topological polar surface area (TPSA) is 59.4 Å². The predicted octanol–water partition coefficient (Wildman–Crippen LogP) is 4.47. The number of aryl methyl sites for hydroxylation is 1. The average Bonchev–Trinajstić information content (AvgIpc) is 3.30. The number of thiocarbonyl (C=S) groups is 1. The van der Waals surface area contributed by atoms with Crippen LogP contribution in [-0.4, -0.2) is 39.2 Å². The van der Waals surface area contributed by atoms with E-state index in [-0.39, 0.29) is 18.1 Å². The number of rotatable bonds is 8. The van der Waals surface area contributed by atoms with Crippen molar-refractivity contribution in [3.8, 4) is 0 Å². The highest BCUT2D eigenvalue weighted by Gasteiger charge is 2.41. The van der Waals surface area contributed by atoms with Crippen molar-refractivity contribution in [3.05, 3.63) is 89.0 Å². The largest absolute Gasteiger partial charge is 0.469 e. The minimum atomic E-state index is -0.202. The van der Waals surface area contributed by atoms with Gasteiger partial charge < -0.3 is 19.5 Å². The van der Waals surface area contributed by atoms with Gasteiger partial charge in [-0.3, -0.25) is 9.78 Å². The molecule has 0 aliphatic carbocycles. The van der Waals surface area contributed by atoms with Crippen molar-refractivity contribution in [2.45, 2.75) is 45.3 Å². The first-order chi connectivity index (χ1) is 16.0. The molecule has 33 heavy (non-hydrogen) atoms. The molecule has 3 aromatic rings. The normalized spacial score (nSPS) is 17.8. The van der Waals surface area contributed by atoms with Gasteiger partial charge in [-0.1, -0.05) is 36.4 Å². The summed E-state index contributed by atoms with van der Waals surface area (Å²) in [5.74, 6) is -0.202. The van der Waals surface area contributed by atoms with Crippen LogP contribution in [0.5, 0.6) is 0 Å². The van der Waals surface area contributed by atoms with Gasteiger partial charge in [-0.15, -0.1) is 0 Å². The van der Waals surface area contributed by atoms with E-state index in [4.69, 9.17) is 17.0 Å². The molecule has 0 saturated carbocycles. The summed E-state index contributed by atoms with van der Waals surface area (Å²) in [6.07, 6.45) is 2.85. The highest BCUT2D eigenvalue weighted by atomic mass is 32.1. The van der Waals surface area contributed by atoms with Crippen LogP contribution in [0.3, 0.4) is 0 Å². The van der Waals surface area contributed by atoms with Gasteiger partial charge in [0, 0.05) is 37.1 Å². The van der Waals surface area contributed by atoms with E-state index in [0.717, 1.165) is 12.2 Å². The van der Waals surface area contributed by atoms with E-state index < -0.39 is 0 Å². The summed E-state index contributed by atoms with van der Waals surface area (Å²) in [5, 5.41) is 4.18. The standard InChI is InChI=1S/C26H30N4O2S/c1-18-16-21(19(2)30(18)17-20-10-5-4-6-11-20)25-24(22-12-7-8-14-27-22)28-26(33)29(25)15-9-13-23(31)32-3/h4-8,10-12,14,16,24-25H,9,13,15,17H2,1-3H3,(H,28,33)/t24-,25-/m1/s1. The molecule has 6 nitrogen and oxygen atoms in total. The molecule has 0 spiro atoms. The molecule has 1 aromatic carbocycles. The molecule has 2 atom stereocenters. The van der Waals surface area contributed by atoms with Crippen LogP contribution in [0, 0.1) is 13.8 Å². The van der Waals surface area contributed by atoms with Gasteiger partial charge in [0.25, 0.3) is 0 Å². The molecule has 7 heteroatoms. The molecule has 0 amide bonds. The molecule has 172 valence electrons. The minimum Gasteiger partial charge on any atom is -0.469 e. The van der Waals surface area contributed by atoms with Crippen molar-refractivity contribution in [1.29, 1.82) is 0 Å². The number of nitrogens with zero attached hydrogens (tertiary/aromatic N) is 3. The highest BCUT2D eigenvalue weighted by molar-refractivity contribution is 7.80. The Morgan fingerprint density at radius 1 is 1.15 bits per heavy atom. The van der Waals surface area contributed by atoms with Gasteiger partial charge in [0.15, 0.2) is 5.11 Å². The second kappa shape index (κ2) is 10.2. The molecule has 1 fully saturated rings. The number of carbonyl (C=O) groups excluding carboxylic acids is 1. The van der Waals surface area contributed by atoms with Gasteiger partial charge in [0.1, 0.15) is 0 Å². The lowest BCUT2D eigenvalue weighted by Crippen LogP contribution is -2.31. The van der Waals surface area contributed by atoms with Crippen molar-refractivity contribution >= 4 is 23.3 Å². The summed E-state index contributed by atoms with van der Waals surface area (Å²) >= 11 is 5.75. The summed E-state index contributed by atoms with van der Waals surface area (Å²) in [6.45, 7) is 5.81. The van der Waals surface area contributed by atoms with Gasteiger partial charge in [0.2, 0.25) is 0 Å². The Kier molecular flexibility index (Phi) is 7.08. The number of ether oxygens (including phenoxy) is 1. The molecule has 3 heterocycles. The molecular weight excluding hydrogens is 432 g/mol. The second-order valence-electron chi connectivity index (χ2n) is 8.40. The van der Waals surface area contributed by atoms with Gasteiger partial charge in [-0.05, 0) is 61.8 Å². The molecule has 1 saturated heterocycles. The summed E-state index contributed by atoms with van der Waals surface area (Å²) in [4.78, 5) is 18.5. The van der Waals surface area contributed by atoms with Gasteiger partial charge in [0.05, 0.1) is 24.9 Å². The predicted molar refractivity (Wildman–Crippen MR) is 133 cm³/mol. The number of methoxy groups -OCH3 is 1. The van der Waals surface area contributed by atoms with E-state index >= 15 is 0 Å². The Hall–Kier alpha value is -3.19. The highest BCUT2D eigenvalue weighted by Crippen LogP contribution is 2.41. The molecule has 1 N–H and O–H groups in total. The Labute approximate surface area is 200 Å². The van der Waals surface area contributed by atoms with Crippen molar-refractivity contribution in [3.63, 3.8) is 0 Å². The zero-order valence-electron chi connectivity index (χ0n) is 19.3. The maximum atomic E-state index is 11.7. The van der Waals surface area contributed by atoms with E-state index in [1.807, 2.05) is 30.5 Å². The maximum Gasteiger partial charge on any atom is 0.305 e. The lowest BCUT2D eigenvalue weighted by Gasteiger charge is -2.28. The van der Waals surface area contributed by atoms with Crippen molar-refractivity contribution < 1.29 is 9.53 Å². The van der Waals surface area contributed by atoms with Crippen molar-refractivity contribution in [1.82, 2.24) is 19.8 Å². The van der Waals surface area contributed by atoms with Crippen LogP contribution in [0.15, 0.2) is 60.8 Å². The van der Waals surface area contributed by atoms with Gasteiger partial charge >= 0.3 is 5.97 Å². The van der Waals surface area contributed by atoms with Crippen LogP contribution in [0.1, 0.15) is 53.1 Å². The van der Waals surface area contributed by atoms with Crippen LogP contribution >= 0.6 is 12.2 Å². The molecule has 1 aliphatic heterocycles. The molecule has 4 rings (SSSR count). The number of carbonyl (C=O) groups is 1. The van der Waals surface area contributed by atoms with Crippen molar-refractivity contribution in [2.75, 3.05) is 13.7 Å². The summed E-state index contributed by atoms with van der Waals surface area (Å²) in [5.41, 5.74) is 5.87. The zero-order chi connectivity index (χ0) is 23.4. The van der Waals surface area contributed by atoms with Crippen molar-refractivity contribution in [2.24, 2.45) is 0 Å². The van der Waals surface area contributed by atoms with E-state index in [0.29, 0.717) is 24.5 Å². The lowest BCUT2D eigenvalue weighted by molar-refractivity contribution is -0.140. The van der Waals surface area contributed by atoms with Crippen LogP contribution in [0.25, 0.3) is 0 Å². The maximum absolute atomic E-state index is 11.7. The first-order valence-corrected chi connectivity index (χ1v) is 11.7. The third kappa shape index (κ3) is 4.93. The summed E-state index contributed by atoms with van der Waals surface area (Å²) in [7, 11) is 1.42.